The fourth-order valence-electron chi connectivity index (χ4n) is 3.35. The molecule has 3 amide bonds. The molecular formula is C23H20ClN7O2S. The summed E-state index contributed by atoms with van der Waals surface area (Å²) in [6.45, 7) is 1.25. The monoisotopic (exact) mass is 493 g/mol. The Morgan fingerprint density at radius 1 is 1.06 bits per heavy atom. The van der Waals surface area contributed by atoms with Crippen molar-refractivity contribution in [3.05, 3.63) is 75.9 Å². The summed E-state index contributed by atoms with van der Waals surface area (Å²) >= 11 is 7.25. The average molecular weight is 494 g/mol. The van der Waals surface area contributed by atoms with Crippen LogP contribution in [0.5, 0.6) is 0 Å². The molecule has 2 aromatic carbocycles. The van der Waals surface area contributed by atoms with E-state index >= 15 is 0 Å². The van der Waals surface area contributed by atoms with Gasteiger partial charge in [-0.05, 0) is 60.0 Å². The minimum Gasteiger partial charge on any atom is -0.324 e. The number of guanidine groups is 1. The molecule has 0 fully saturated rings. The summed E-state index contributed by atoms with van der Waals surface area (Å²) in [6, 6.07) is 16.1. The van der Waals surface area contributed by atoms with Crippen LogP contribution in [0.2, 0.25) is 5.02 Å². The molecule has 11 heteroatoms. The molecule has 9 nitrogen and oxygen atoms in total. The predicted molar refractivity (Wildman–Crippen MR) is 134 cm³/mol. The molecule has 34 heavy (non-hydrogen) atoms. The van der Waals surface area contributed by atoms with E-state index in [1.165, 1.54) is 11.3 Å². The molecule has 0 radical (unpaired) electrons. The number of nitrogens with one attached hydrogen (secondary N) is 4. The van der Waals surface area contributed by atoms with Crippen LogP contribution in [0.1, 0.15) is 10.9 Å². The third kappa shape index (κ3) is 5.64. The lowest BCUT2D eigenvalue weighted by Crippen LogP contribution is -2.39. The van der Waals surface area contributed by atoms with Crippen molar-refractivity contribution >= 4 is 57.9 Å². The first-order chi connectivity index (χ1) is 16.5. The topological polar surface area (TPSA) is 122 Å². The van der Waals surface area contributed by atoms with Gasteiger partial charge in [-0.3, -0.25) is 15.1 Å². The molecule has 1 aliphatic rings. The van der Waals surface area contributed by atoms with Crippen LogP contribution in [-0.4, -0.2) is 31.0 Å². The summed E-state index contributed by atoms with van der Waals surface area (Å²) in [7, 11) is 0. The van der Waals surface area contributed by atoms with Crippen LogP contribution in [0.4, 0.5) is 21.9 Å². The first kappa shape index (κ1) is 23.1. The SMILES string of the molecule is N#CNC1=NCCN1c1ccc(NC(=O)[C@@H](NC(=O)Nc2ccc(Cl)cc2)c2cccs2)cc1. The van der Waals surface area contributed by atoms with Gasteiger partial charge in [-0.25, -0.2) is 4.79 Å². The predicted octanol–water partition coefficient (Wildman–Crippen LogP) is 4.15. The quantitative estimate of drug-likeness (QED) is 0.303. The number of halogens is 1. The van der Waals surface area contributed by atoms with Gasteiger partial charge in [-0.1, -0.05) is 17.7 Å². The lowest BCUT2D eigenvalue weighted by Gasteiger charge is -2.20. The van der Waals surface area contributed by atoms with Gasteiger partial charge < -0.3 is 20.9 Å². The van der Waals surface area contributed by atoms with E-state index in [2.05, 4.69) is 26.3 Å². The van der Waals surface area contributed by atoms with E-state index < -0.39 is 12.1 Å². The fraction of sp³-hybridized carbons (Fsp3) is 0.130. The Bertz CT molecular complexity index is 1220. The summed E-state index contributed by atoms with van der Waals surface area (Å²) in [5, 5.41) is 22.1. The van der Waals surface area contributed by atoms with Crippen LogP contribution >= 0.6 is 22.9 Å². The van der Waals surface area contributed by atoms with Crippen LogP contribution in [-0.2, 0) is 4.79 Å². The van der Waals surface area contributed by atoms with Crippen molar-refractivity contribution < 1.29 is 9.59 Å². The fourth-order valence-corrected chi connectivity index (χ4v) is 4.25. The molecule has 0 saturated heterocycles. The number of amides is 3. The van der Waals surface area contributed by atoms with E-state index in [0.29, 0.717) is 40.3 Å². The second kappa shape index (κ2) is 10.7. The largest absolute Gasteiger partial charge is 0.324 e. The van der Waals surface area contributed by atoms with Crippen LogP contribution in [0.15, 0.2) is 71.0 Å². The van der Waals surface area contributed by atoms with Crippen molar-refractivity contribution in [2.24, 2.45) is 4.99 Å². The summed E-state index contributed by atoms with van der Waals surface area (Å²) < 4.78 is 0. The number of carbonyl (C=O) groups is 2. The van der Waals surface area contributed by atoms with E-state index in [0.717, 1.165) is 5.69 Å². The molecule has 1 atom stereocenters. The van der Waals surface area contributed by atoms with Gasteiger partial charge in [-0.15, -0.1) is 11.3 Å². The van der Waals surface area contributed by atoms with Crippen molar-refractivity contribution in [1.82, 2.24) is 10.6 Å². The van der Waals surface area contributed by atoms with Gasteiger partial charge >= 0.3 is 6.03 Å². The summed E-state index contributed by atoms with van der Waals surface area (Å²) in [5.74, 6) is 0.115. The van der Waals surface area contributed by atoms with Crippen molar-refractivity contribution in [2.75, 3.05) is 28.6 Å². The molecular weight excluding hydrogens is 474 g/mol. The number of hydrogen-bond donors (Lipinski definition) is 4. The minimum absolute atomic E-state index is 0.379. The molecule has 1 aromatic heterocycles. The highest BCUT2D eigenvalue weighted by molar-refractivity contribution is 7.10. The van der Waals surface area contributed by atoms with Crippen molar-refractivity contribution in [3.63, 3.8) is 0 Å². The smallest absolute Gasteiger partial charge is 0.320 e. The van der Waals surface area contributed by atoms with Crippen molar-refractivity contribution in [1.29, 1.82) is 5.26 Å². The van der Waals surface area contributed by atoms with Crippen molar-refractivity contribution in [2.45, 2.75) is 6.04 Å². The number of aliphatic imine (C=N–C) groups is 1. The van der Waals surface area contributed by atoms with Gasteiger partial charge in [0.05, 0.1) is 6.54 Å². The van der Waals surface area contributed by atoms with Crippen LogP contribution in [0.3, 0.4) is 0 Å². The molecule has 2 heterocycles. The molecule has 4 rings (SSSR count). The van der Waals surface area contributed by atoms with E-state index in [4.69, 9.17) is 16.9 Å². The first-order valence-electron chi connectivity index (χ1n) is 10.3. The summed E-state index contributed by atoms with van der Waals surface area (Å²) in [4.78, 5) is 32.5. The zero-order chi connectivity index (χ0) is 23.9. The maximum absolute atomic E-state index is 13.1. The minimum atomic E-state index is -0.885. The Balaban J connectivity index is 1.43. The second-order valence-electron chi connectivity index (χ2n) is 7.18. The number of benzene rings is 2. The third-order valence-electron chi connectivity index (χ3n) is 4.92. The molecule has 3 aromatic rings. The number of urea groups is 1. The van der Waals surface area contributed by atoms with E-state index in [9.17, 15) is 9.59 Å². The van der Waals surface area contributed by atoms with Crippen LogP contribution in [0, 0.1) is 11.5 Å². The highest BCUT2D eigenvalue weighted by Gasteiger charge is 2.24. The Morgan fingerprint density at radius 3 is 2.44 bits per heavy atom. The van der Waals surface area contributed by atoms with Crippen LogP contribution in [0.25, 0.3) is 0 Å². The molecule has 0 aliphatic carbocycles. The molecule has 0 saturated carbocycles. The molecule has 1 aliphatic heterocycles. The highest BCUT2D eigenvalue weighted by Crippen LogP contribution is 2.24. The Hall–Kier alpha value is -4.07. The second-order valence-corrected chi connectivity index (χ2v) is 8.60. The number of nitriles is 1. The van der Waals surface area contributed by atoms with Gasteiger partial charge in [0.15, 0.2) is 6.19 Å². The Morgan fingerprint density at radius 2 is 1.76 bits per heavy atom. The van der Waals surface area contributed by atoms with Crippen LogP contribution < -0.4 is 26.2 Å². The Kier molecular flexibility index (Phi) is 7.27. The maximum atomic E-state index is 13.1. The first-order valence-corrected chi connectivity index (χ1v) is 11.5. The molecule has 0 unspecified atom stereocenters. The lowest BCUT2D eigenvalue weighted by molar-refractivity contribution is -0.118. The zero-order valence-electron chi connectivity index (χ0n) is 17.8. The van der Waals surface area contributed by atoms with E-state index in [1.54, 1.807) is 42.5 Å². The summed E-state index contributed by atoms with van der Waals surface area (Å²) in [6.07, 6.45) is 1.88. The number of nitrogens with zero attached hydrogens (tertiary/aromatic N) is 3. The normalized spacial score (nSPS) is 13.4. The van der Waals surface area contributed by atoms with Gasteiger partial charge in [0, 0.05) is 33.5 Å². The number of thiophene rings is 1. The number of hydrogen-bond acceptors (Lipinski definition) is 7. The van der Waals surface area contributed by atoms with E-state index in [1.807, 2.05) is 34.7 Å². The maximum Gasteiger partial charge on any atom is 0.320 e. The van der Waals surface area contributed by atoms with Gasteiger partial charge in [-0.2, -0.15) is 5.26 Å². The standard InChI is InChI=1S/C23H20ClN7O2S/c24-15-3-5-17(6-4-15)29-23(33)30-20(19-2-1-13-34-19)21(32)28-16-7-9-18(10-8-16)31-12-11-26-22(31)27-14-25/h1-10,13,20H,11-12H2,(H,26,27)(H,28,32)(H2,29,30,33)/t20-/m0/s1. The Labute approximate surface area is 205 Å². The third-order valence-corrected chi connectivity index (χ3v) is 6.11. The number of rotatable bonds is 6. The number of anilines is 3. The number of carbonyl (C=O) groups excluding carboxylic acids is 2. The van der Waals surface area contributed by atoms with Gasteiger partial charge in [0.1, 0.15) is 6.04 Å². The van der Waals surface area contributed by atoms with E-state index in [-0.39, 0.29) is 5.91 Å². The molecule has 172 valence electrons. The molecule has 0 bridgehead atoms. The molecule has 0 spiro atoms. The summed E-state index contributed by atoms with van der Waals surface area (Å²) in [5.41, 5.74) is 1.96. The highest BCUT2D eigenvalue weighted by atomic mass is 35.5. The average Bonchev–Trinajstić information content (AvgIpc) is 3.52. The zero-order valence-corrected chi connectivity index (χ0v) is 19.4. The van der Waals surface area contributed by atoms with Crippen molar-refractivity contribution in [3.8, 4) is 6.19 Å². The van der Waals surface area contributed by atoms with Gasteiger partial charge in [0.2, 0.25) is 5.96 Å². The molecule has 4 N–H and O–H groups in total. The van der Waals surface area contributed by atoms with Gasteiger partial charge in [0.25, 0.3) is 5.91 Å². The lowest BCUT2D eigenvalue weighted by atomic mass is 10.2.